The fourth-order valence-electron chi connectivity index (χ4n) is 2.17. The fourth-order valence-corrected chi connectivity index (χ4v) is 3.10. The Hall–Kier alpha value is -2.78. The van der Waals surface area contributed by atoms with Gasteiger partial charge >= 0.3 is 11.8 Å². The second-order valence-corrected chi connectivity index (χ2v) is 6.45. The molecule has 0 radical (unpaired) electrons. The first-order valence-corrected chi connectivity index (χ1v) is 8.30. The van der Waals surface area contributed by atoms with Crippen molar-refractivity contribution in [2.24, 2.45) is 0 Å². The zero-order valence-electron chi connectivity index (χ0n) is 13.8. The van der Waals surface area contributed by atoms with Crippen LogP contribution in [0.15, 0.2) is 41.8 Å². The summed E-state index contributed by atoms with van der Waals surface area (Å²) in [4.78, 5) is 37.1. The summed E-state index contributed by atoms with van der Waals surface area (Å²) in [6.07, 6.45) is 0. The standard InChI is InChI=1S/C16H18N4O4S/c1-19(2)13(14-7-4-8-25-14)10-17-15(21)16(22)18-11-5-3-6-12(9-11)20(23)24/h3-9,13H,10H2,1-2H3,(H,17,21)(H,18,22)/t13-/m0/s1. The summed E-state index contributed by atoms with van der Waals surface area (Å²) in [5.41, 5.74) is 0.0281. The van der Waals surface area contributed by atoms with E-state index in [1.165, 1.54) is 24.3 Å². The minimum atomic E-state index is -0.871. The second-order valence-electron chi connectivity index (χ2n) is 5.47. The molecule has 9 heteroatoms. The van der Waals surface area contributed by atoms with Crippen LogP contribution in [0.4, 0.5) is 11.4 Å². The first kappa shape index (κ1) is 18.6. The molecule has 0 spiro atoms. The molecular formula is C16H18N4O4S. The van der Waals surface area contributed by atoms with Gasteiger partial charge in [0.2, 0.25) is 0 Å². The Labute approximate surface area is 148 Å². The second kappa shape index (κ2) is 8.36. The number of carbonyl (C=O) groups excluding carboxylic acids is 2. The van der Waals surface area contributed by atoms with Crippen molar-refractivity contribution in [2.45, 2.75) is 6.04 Å². The molecule has 0 aliphatic heterocycles. The zero-order valence-corrected chi connectivity index (χ0v) is 14.6. The van der Waals surface area contributed by atoms with Gasteiger partial charge in [-0.2, -0.15) is 0 Å². The molecule has 1 heterocycles. The predicted octanol–water partition coefficient (Wildman–Crippen LogP) is 2.01. The van der Waals surface area contributed by atoms with Gasteiger partial charge in [-0.05, 0) is 31.6 Å². The lowest BCUT2D eigenvalue weighted by Crippen LogP contribution is -2.40. The summed E-state index contributed by atoms with van der Waals surface area (Å²) < 4.78 is 0. The maximum absolute atomic E-state index is 12.0. The molecule has 0 unspecified atom stereocenters. The Morgan fingerprint density at radius 3 is 2.60 bits per heavy atom. The average molecular weight is 362 g/mol. The molecule has 8 nitrogen and oxygen atoms in total. The van der Waals surface area contributed by atoms with Crippen LogP contribution in [0, 0.1) is 10.1 Å². The van der Waals surface area contributed by atoms with Crippen molar-refractivity contribution in [3.05, 3.63) is 56.8 Å². The summed E-state index contributed by atoms with van der Waals surface area (Å²) in [6, 6.07) is 9.25. The fraction of sp³-hybridized carbons (Fsp3) is 0.250. The first-order chi connectivity index (χ1) is 11.9. The van der Waals surface area contributed by atoms with Crippen LogP contribution < -0.4 is 10.6 Å². The van der Waals surface area contributed by atoms with Gasteiger partial charge in [0, 0.05) is 29.2 Å². The summed E-state index contributed by atoms with van der Waals surface area (Å²) in [7, 11) is 3.78. The summed E-state index contributed by atoms with van der Waals surface area (Å²) in [5, 5.41) is 17.6. The van der Waals surface area contributed by atoms with Gasteiger partial charge in [0.25, 0.3) is 5.69 Å². The van der Waals surface area contributed by atoms with Gasteiger partial charge in [-0.25, -0.2) is 0 Å². The Bertz CT molecular complexity index is 761. The molecule has 0 aliphatic carbocycles. The van der Waals surface area contributed by atoms with Crippen LogP contribution in [0.3, 0.4) is 0 Å². The topological polar surface area (TPSA) is 105 Å². The van der Waals surface area contributed by atoms with E-state index in [0.29, 0.717) is 0 Å². The van der Waals surface area contributed by atoms with E-state index in [-0.39, 0.29) is 24.0 Å². The number of anilines is 1. The number of nitro benzene ring substituents is 1. The predicted molar refractivity (Wildman–Crippen MR) is 95.5 cm³/mol. The van der Waals surface area contributed by atoms with E-state index in [4.69, 9.17) is 0 Å². The highest BCUT2D eigenvalue weighted by Gasteiger charge is 2.20. The molecule has 2 rings (SSSR count). The smallest absolute Gasteiger partial charge is 0.313 e. The minimum absolute atomic E-state index is 0.0467. The molecule has 25 heavy (non-hydrogen) atoms. The molecule has 132 valence electrons. The molecule has 1 aromatic carbocycles. The lowest BCUT2D eigenvalue weighted by molar-refractivity contribution is -0.384. The normalized spacial score (nSPS) is 11.8. The largest absolute Gasteiger partial charge is 0.346 e. The Kier molecular flexibility index (Phi) is 6.20. The lowest BCUT2D eigenvalue weighted by Gasteiger charge is -2.23. The van der Waals surface area contributed by atoms with Crippen molar-refractivity contribution in [1.82, 2.24) is 10.2 Å². The number of non-ortho nitro benzene ring substituents is 1. The van der Waals surface area contributed by atoms with E-state index < -0.39 is 16.7 Å². The van der Waals surface area contributed by atoms with Gasteiger partial charge < -0.3 is 15.5 Å². The third-order valence-electron chi connectivity index (χ3n) is 3.47. The van der Waals surface area contributed by atoms with Gasteiger partial charge in [0.1, 0.15) is 0 Å². The van der Waals surface area contributed by atoms with Crippen LogP contribution in [0.25, 0.3) is 0 Å². The Morgan fingerprint density at radius 1 is 1.24 bits per heavy atom. The van der Waals surface area contributed by atoms with Crippen LogP contribution in [-0.4, -0.2) is 42.3 Å². The van der Waals surface area contributed by atoms with Crippen LogP contribution >= 0.6 is 11.3 Å². The summed E-state index contributed by atoms with van der Waals surface area (Å²) in [6.45, 7) is 0.273. The average Bonchev–Trinajstić information content (AvgIpc) is 3.08. The van der Waals surface area contributed by atoms with Crippen LogP contribution in [0.2, 0.25) is 0 Å². The van der Waals surface area contributed by atoms with Crippen molar-refractivity contribution in [3.63, 3.8) is 0 Å². The van der Waals surface area contributed by atoms with E-state index >= 15 is 0 Å². The number of hydrogen-bond acceptors (Lipinski definition) is 6. The highest BCUT2D eigenvalue weighted by molar-refractivity contribution is 7.10. The highest BCUT2D eigenvalue weighted by atomic mass is 32.1. The summed E-state index contributed by atoms with van der Waals surface area (Å²) >= 11 is 1.57. The lowest BCUT2D eigenvalue weighted by atomic mass is 10.2. The van der Waals surface area contributed by atoms with Gasteiger partial charge in [0.15, 0.2) is 0 Å². The molecule has 1 atom stereocenters. The number of benzene rings is 1. The number of thiophene rings is 1. The van der Waals surface area contributed by atoms with Gasteiger partial charge in [-0.1, -0.05) is 12.1 Å². The molecule has 0 fully saturated rings. The van der Waals surface area contributed by atoms with E-state index in [1.807, 2.05) is 36.5 Å². The molecule has 0 bridgehead atoms. The maximum Gasteiger partial charge on any atom is 0.313 e. The molecule has 0 saturated carbocycles. The molecule has 2 N–H and O–H groups in total. The van der Waals surface area contributed by atoms with Gasteiger partial charge in [-0.3, -0.25) is 19.7 Å². The number of nitro groups is 1. The zero-order chi connectivity index (χ0) is 18.4. The van der Waals surface area contributed by atoms with Crippen molar-refractivity contribution in [1.29, 1.82) is 0 Å². The molecule has 0 aliphatic rings. The summed E-state index contributed by atoms with van der Waals surface area (Å²) in [5.74, 6) is -1.67. The van der Waals surface area contributed by atoms with Gasteiger partial charge in [-0.15, -0.1) is 11.3 Å². The number of nitrogens with one attached hydrogen (secondary N) is 2. The van der Waals surface area contributed by atoms with Crippen LogP contribution in [-0.2, 0) is 9.59 Å². The van der Waals surface area contributed by atoms with E-state index in [9.17, 15) is 19.7 Å². The molecule has 2 aromatic rings. The van der Waals surface area contributed by atoms with Crippen LogP contribution in [0.1, 0.15) is 10.9 Å². The number of hydrogen-bond donors (Lipinski definition) is 2. The SMILES string of the molecule is CN(C)[C@@H](CNC(=O)C(=O)Nc1cccc([N+](=O)[O-])c1)c1cccs1. The van der Waals surface area contributed by atoms with E-state index in [1.54, 1.807) is 11.3 Å². The quantitative estimate of drug-likeness (QED) is 0.465. The number of nitrogens with zero attached hydrogens (tertiary/aromatic N) is 2. The number of likely N-dealkylation sites (N-methyl/N-ethyl adjacent to an activating group) is 1. The molecular weight excluding hydrogens is 344 g/mol. The third-order valence-corrected chi connectivity index (χ3v) is 4.45. The first-order valence-electron chi connectivity index (χ1n) is 7.42. The highest BCUT2D eigenvalue weighted by Crippen LogP contribution is 2.22. The number of rotatable bonds is 6. The molecule has 1 aromatic heterocycles. The van der Waals surface area contributed by atoms with Crippen LogP contribution in [0.5, 0.6) is 0 Å². The van der Waals surface area contributed by atoms with Crippen molar-refractivity contribution in [2.75, 3.05) is 26.0 Å². The van der Waals surface area contributed by atoms with Gasteiger partial charge in [0.05, 0.1) is 11.0 Å². The Balaban J connectivity index is 1.95. The maximum atomic E-state index is 12.0. The third kappa shape index (κ3) is 5.10. The van der Waals surface area contributed by atoms with E-state index in [2.05, 4.69) is 10.6 Å². The molecule has 0 saturated heterocycles. The van der Waals surface area contributed by atoms with Crippen molar-refractivity contribution < 1.29 is 14.5 Å². The Morgan fingerprint density at radius 2 is 2.00 bits per heavy atom. The number of carbonyl (C=O) groups is 2. The number of amides is 2. The van der Waals surface area contributed by atoms with Crippen molar-refractivity contribution in [3.8, 4) is 0 Å². The monoisotopic (exact) mass is 362 g/mol. The minimum Gasteiger partial charge on any atom is -0.346 e. The van der Waals surface area contributed by atoms with E-state index in [0.717, 1.165) is 4.88 Å². The molecule has 2 amide bonds. The van der Waals surface area contributed by atoms with Crippen molar-refractivity contribution >= 4 is 34.5 Å².